The van der Waals surface area contributed by atoms with E-state index in [9.17, 15) is 4.79 Å². The maximum Gasteiger partial charge on any atom is 0.254 e. The van der Waals surface area contributed by atoms with Crippen LogP contribution in [0.25, 0.3) is 11.3 Å². The first-order valence-corrected chi connectivity index (χ1v) is 7.35. The molecule has 2 heterocycles. The summed E-state index contributed by atoms with van der Waals surface area (Å²) in [6.07, 6.45) is 1.50. The summed E-state index contributed by atoms with van der Waals surface area (Å²) in [7, 11) is 1.65. The molecule has 3 aromatic rings. The Morgan fingerprint density at radius 3 is 2.50 bits per heavy atom. The third-order valence-corrected chi connectivity index (χ3v) is 3.61. The summed E-state index contributed by atoms with van der Waals surface area (Å²) in [4.78, 5) is 15.7. The maximum atomic E-state index is 11.6. The van der Waals surface area contributed by atoms with Gasteiger partial charge in [-0.3, -0.25) is 9.48 Å². The fourth-order valence-corrected chi connectivity index (χ4v) is 2.32. The number of carbonyl (C=O) groups is 1. The number of pyridine rings is 1. The molecule has 0 atom stereocenters. The highest BCUT2D eigenvalue weighted by atomic mass is 35.5. The van der Waals surface area contributed by atoms with E-state index in [1.807, 2.05) is 0 Å². The number of anilines is 1. The van der Waals surface area contributed by atoms with Crippen molar-refractivity contribution in [1.29, 1.82) is 0 Å². The van der Waals surface area contributed by atoms with Crippen molar-refractivity contribution in [3.05, 3.63) is 53.2 Å². The van der Waals surface area contributed by atoms with Crippen LogP contribution in [0.1, 0.15) is 10.4 Å². The van der Waals surface area contributed by atoms with Gasteiger partial charge >= 0.3 is 0 Å². The molecule has 0 saturated carbocycles. The monoisotopic (exact) mass is 343 g/mol. The smallest absolute Gasteiger partial charge is 0.254 e. The molecule has 8 heteroatoms. The molecule has 4 N–H and O–H groups in total. The number of primary amides is 1. The topological polar surface area (TPSA) is 109 Å². The largest absolute Gasteiger partial charge is 0.439 e. The Bertz CT molecular complexity index is 888. The van der Waals surface area contributed by atoms with E-state index in [2.05, 4.69) is 10.1 Å². The number of halogens is 1. The molecule has 0 radical (unpaired) electrons. The Morgan fingerprint density at radius 1 is 1.21 bits per heavy atom. The van der Waals surface area contributed by atoms with E-state index in [1.54, 1.807) is 43.4 Å². The lowest BCUT2D eigenvalue weighted by atomic mass is 10.1. The van der Waals surface area contributed by atoms with Crippen molar-refractivity contribution in [2.24, 2.45) is 12.8 Å². The zero-order valence-electron chi connectivity index (χ0n) is 12.7. The highest BCUT2D eigenvalue weighted by Gasteiger charge is 2.19. The van der Waals surface area contributed by atoms with Gasteiger partial charge in [0.25, 0.3) is 5.91 Å². The fraction of sp³-hybridized carbons (Fsp3) is 0.0625. The summed E-state index contributed by atoms with van der Waals surface area (Å²) in [5.74, 6) is 0.606. The number of nitrogens with two attached hydrogens (primary N) is 2. The second-order valence-electron chi connectivity index (χ2n) is 5.04. The number of carbonyl (C=O) groups excluding carboxylic acids is 1. The van der Waals surface area contributed by atoms with E-state index in [4.69, 9.17) is 27.8 Å². The Labute approximate surface area is 142 Å². The number of amides is 1. The Kier molecular flexibility index (Phi) is 4.09. The van der Waals surface area contributed by atoms with E-state index < -0.39 is 5.91 Å². The lowest BCUT2D eigenvalue weighted by molar-refractivity contribution is 0.100. The SMILES string of the molecule is Cn1nc(-c2ccc(Oc3ccc(Cl)cn3)cc2)c(C(N)=O)c1N. The summed E-state index contributed by atoms with van der Waals surface area (Å²) in [5.41, 5.74) is 12.6. The number of benzene rings is 1. The minimum atomic E-state index is -0.624. The van der Waals surface area contributed by atoms with Gasteiger partial charge in [0.1, 0.15) is 22.8 Å². The molecule has 0 bridgehead atoms. The molecule has 2 aromatic heterocycles. The van der Waals surface area contributed by atoms with E-state index in [0.717, 1.165) is 0 Å². The standard InChI is InChI=1S/C16H14ClN5O2/c1-22-15(18)13(16(19)23)14(21-22)9-2-5-11(6-3-9)24-12-7-4-10(17)8-20-12/h2-8H,18H2,1H3,(H2,19,23). The van der Waals surface area contributed by atoms with Crippen LogP contribution in [0.3, 0.4) is 0 Å². The third kappa shape index (κ3) is 3.02. The van der Waals surface area contributed by atoms with Crippen molar-refractivity contribution in [3.63, 3.8) is 0 Å². The number of aromatic nitrogens is 3. The molecule has 0 saturated heterocycles. The zero-order chi connectivity index (χ0) is 17.3. The average molecular weight is 344 g/mol. The van der Waals surface area contributed by atoms with Crippen molar-refractivity contribution in [3.8, 4) is 22.9 Å². The Balaban J connectivity index is 1.89. The van der Waals surface area contributed by atoms with Crippen LogP contribution in [-0.2, 0) is 7.05 Å². The summed E-state index contributed by atoms with van der Waals surface area (Å²) < 4.78 is 7.03. The van der Waals surface area contributed by atoms with Crippen molar-refractivity contribution < 1.29 is 9.53 Å². The van der Waals surface area contributed by atoms with Crippen molar-refractivity contribution in [2.45, 2.75) is 0 Å². The molecule has 0 spiro atoms. The van der Waals surface area contributed by atoms with Crippen LogP contribution in [0.15, 0.2) is 42.6 Å². The van der Waals surface area contributed by atoms with Crippen LogP contribution < -0.4 is 16.2 Å². The molecule has 3 rings (SSSR count). The third-order valence-electron chi connectivity index (χ3n) is 3.39. The quantitative estimate of drug-likeness (QED) is 0.756. The van der Waals surface area contributed by atoms with Gasteiger partial charge in [-0.25, -0.2) is 4.98 Å². The Hall–Kier alpha value is -3.06. The van der Waals surface area contributed by atoms with E-state index in [-0.39, 0.29) is 11.4 Å². The first kappa shape index (κ1) is 15.8. The lowest BCUT2D eigenvalue weighted by Gasteiger charge is -2.06. The number of nitrogen functional groups attached to an aromatic ring is 1. The molecule has 122 valence electrons. The van der Waals surface area contributed by atoms with Crippen LogP contribution in [0.5, 0.6) is 11.6 Å². The Morgan fingerprint density at radius 2 is 1.92 bits per heavy atom. The molecule has 24 heavy (non-hydrogen) atoms. The van der Waals surface area contributed by atoms with E-state index >= 15 is 0 Å². The second-order valence-corrected chi connectivity index (χ2v) is 5.47. The first-order valence-electron chi connectivity index (χ1n) is 6.98. The second kappa shape index (κ2) is 6.21. The molecule has 0 fully saturated rings. The van der Waals surface area contributed by atoms with Gasteiger partial charge in [0.2, 0.25) is 5.88 Å². The van der Waals surface area contributed by atoms with Gasteiger partial charge in [-0.15, -0.1) is 0 Å². The molecule has 7 nitrogen and oxygen atoms in total. The molecule has 0 aliphatic heterocycles. The molecule has 1 amide bonds. The molecule has 0 aliphatic carbocycles. The van der Waals surface area contributed by atoms with Crippen molar-refractivity contribution >= 4 is 23.3 Å². The normalized spacial score (nSPS) is 10.6. The lowest BCUT2D eigenvalue weighted by Crippen LogP contribution is -2.14. The number of aryl methyl sites for hydroxylation is 1. The number of hydrogen-bond acceptors (Lipinski definition) is 5. The molecule has 0 unspecified atom stereocenters. The van der Waals surface area contributed by atoms with Gasteiger partial charge in [-0.05, 0) is 30.3 Å². The van der Waals surface area contributed by atoms with Gasteiger partial charge in [-0.2, -0.15) is 5.10 Å². The number of rotatable bonds is 4. The summed E-state index contributed by atoms with van der Waals surface area (Å²) >= 11 is 5.78. The first-order chi connectivity index (χ1) is 11.5. The van der Waals surface area contributed by atoms with E-state index in [1.165, 1.54) is 10.9 Å². The van der Waals surface area contributed by atoms with Gasteiger partial charge < -0.3 is 16.2 Å². The van der Waals surface area contributed by atoms with Gasteiger partial charge in [-0.1, -0.05) is 11.6 Å². The van der Waals surface area contributed by atoms with Gasteiger partial charge in [0, 0.05) is 24.9 Å². The summed E-state index contributed by atoms with van der Waals surface area (Å²) in [5, 5.41) is 4.78. The molecule has 0 aliphatic rings. The van der Waals surface area contributed by atoms with E-state index in [0.29, 0.717) is 27.9 Å². The van der Waals surface area contributed by atoms with Gasteiger partial charge in [0.15, 0.2) is 0 Å². The van der Waals surface area contributed by atoms with Crippen molar-refractivity contribution in [2.75, 3.05) is 5.73 Å². The van der Waals surface area contributed by atoms with Crippen LogP contribution in [-0.4, -0.2) is 20.7 Å². The summed E-state index contributed by atoms with van der Waals surface area (Å²) in [6, 6.07) is 10.4. The minimum absolute atomic E-state index is 0.200. The van der Waals surface area contributed by atoms with Crippen LogP contribution in [0, 0.1) is 0 Å². The van der Waals surface area contributed by atoms with Crippen LogP contribution >= 0.6 is 11.6 Å². The molecular weight excluding hydrogens is 330 g/mol. The van der Waals surface area contributed by atoms with Crippen molar-refractivity contribution in [1.82, 2.24) is 14.8 Å². The molecular formula is C16H14ClN5O2. The average Bonchev–Trinajstić information content (AvgIpc) is 2.86. The minimum Gasteiger partial charge on any atom is -0.439 e. The maximum absolute atomic E-state index is 11.6. The molecule has 1 aromatic carbocycles. The predicted molar refractivity (Wildman–Crippen MR) is 90.9 cm³/mol. The highest BCUT2D eigenvalue weighted by molar-refractivity contribution is 6.30. The number of nitrogens with zero attached hydrogens (tertiary/aromatic N) is 3. The predicted octanol–water partition coefficient (Wildman–Crippen LogP) is 2.61. The number of hydrogen-bond donors (Lipinski definition) is 2. The van der Waals surface area contributed by atoms with Crippen LogP contribution in [0.4, 0.5) is 5.82 Å². The number of ether oxygens (including phenoxy) is 1. The fourth-order valence-electron chi connectivity index (χ4n) is 2.21. The van der Waals surface area contributed by atoms with Gasteiger partial charge in [0.05, 0.1) is 5.02 Å². The van der Waals surface area contributed by atoms with Crippen LogP contribution in [0.2, 0.25) is 5.02 Å². The summed E-state index contributed by atoms with van der Waals surface area (Å²) in [6.45, 7) is 0. The zero-order valence-corrected chi connectivity index (χ0v) is 13.5. The highest BCUT2D eigenvalue weighted by Crippen LogP contribution is 2.29.